The lowest BCUT2D eigenvalue weighted by atomic mass is 10.2. The molecule has 0 amide bonds. The van der Waals surface area contributed by atoms with Crippen molar-refractivity contribution in [1.82, 2.24) is 0 Å². The van der Waals surface area contributed by atoms with Gasteiger partial charge < -0.3 is 10.6 Å². The topological polar surface area (TPSA) is 53.1 Å². The van der Waals surface area contributed by atoms with Gasteiger partial charge >= 0.3 is 0 Å². The predicted octanol–water partition coefficient (Wildman–Crippen LogP) is 1.38. The van der Waals surface area contributed by atoms with Gasteiger partial charge in [-0.1, -0.05) is 0 Å². The summed E-state index contributed by atoms with van der Waals surface area (Å²) in [6, 6.07) is 8.23. The Kier molecular flexibility index (Phi) is 2.30. The molecule has 1 aromatic rings. The van der Waals surface area contributed by atoms with Crippen molar-refractivity contribution in [2.75, 3.05) is 18.0 Å². The maximum Gasteiger partial charge on any atom is 0.123 e. The molecule has 0 fully saturated rings. The lowest BCUT2D eigenvalue weighted by Gasteiger charge is -2.17. The minimum absolute atomic E-state index is 0.264. The first-order chi connectivity index (χ1) is 7.20. The van der Waals surface area contributed by atoms with Crippen LogP contribution in [-0.4, -0.2) is 13.1 Å². The van der Waals surface area contributed by atoms with E-state index in [0.29, 0.717) is 24.4 Å². The summed E-state index contributed by atoms with van der Waals surface area (Å²) in [4.78, 5) is 1.94. The maximum atomic E-state index is 12.7. The minimum atomic E-state index is -0.264. The van der Waals surface area contributed by atoms with Crippen LogP contribution in [0.5, 0.6) is 0 Å². The van der Waals surface area contributed by atoms with Gasteiger partial charge in [-0.15, -0.1) is 0 Å². The molecule has 76 valence electrons. The summed E-state index contributed by atoms with van der Waals surface area (Å²) in [6.45, 7) is 1.04. The number of benzene rings is 1. The summed E-state index contributed by atoms with van der Waals surface area (Å²) in [5.41, 5.74) is 7.76. The van der Waals surface area contributed by atoms with Crippen LogP contribution >= 0.6 is 0 Å². The molecule has 0 radical (unpaired) electrons. The van der Waals surface area contributed by atoms with E-state index < -0.39 is 0 Å². The summed E-state index contributed by atoms with van der Waals surface area (Å²) in [5.74, 6) is -0.264. The molecule has 0 spiro atoms. The van der Waals surface area contributed by atoms with Crippen LogP contribution < -0.4 is 10.6 Å². The van der Waals surface area contributed by atoms with Gasteiger partial charge in [0.05, 0.1) is 24.7 Å². The van der Waals surface area contributed by atoms with Gasteiger partial charge in [-0.05, 0) is 24.3 Å². The highest BCUT2D eigenvalue weighted by molar-refractivity contribution is 5.54. The molecule has 1 aromatic carbocycles. The molecule has 15 heavy (non-hydrogen) atoms. The highest BCUT2D eigenvalue weighted by Crippen LogP contribution is 2.21. The van der Waals surface area contributed by atoms with Gasteiger partial charge in [-0.3, -0.25) is 0 Å². The van der Waals surface area contributed by atoms with Crippen LogP contribution in [0.1, 0.15) is 0 Å². The van der Waals surface area contributed by atoms with Crippen molar-refractivity contribution in [2.24, 2.45) is 5.73 Å². The second-order valence-electron chi connectivity index (χ2n) is 3.45. The van der Waals surface area contributed by atoms with Gasteiger partial charge in [0.25, 0.3) is 0 Å². The van der Waals surface area contributed by atoms with Crippen molar-refractivity contribution in [3.8, 4) is 6.07 Å². The monoisotopic (exact) mass is 203 g/mol. The molecule has 0 aliphatic carbocycles. The average Bonchev–Trinajstić information content (AvgIpc) is 2.61. The summed E-state index contributed by atoms with van der Waals surface area (Å²) in [5, 5.41) is 8.77. The van der Waals surface area contributed by atoms with Crippen LogP contribution in [0.2, 0.25) is 0 Å². The molecule has 2 N–H and O–H groups in total. The SMILES string of the molecule is N#CC1=C(N)CN(c2ccc(F)cc2)C1. The minimum Gasteiger partial charge on any atom is -0.400 e. The van der Waals surface area contributed by atoms with Gasteiger partial charge in [-0.25, -0.2) is 4.39 Å². The van der Waals surface area contributed by atoms with Crippen LogP contribution in [0, 0.1) is 17.1 Å². The van der Waals surface area contributed by atoms with Gasteiger partial charge in [0.15, 0.2) is 0 Å². The van der Waals surface area contributed by atoms with E-state index in [4.69, 9.17) is 11.0 Å². The van der Waals surface area contributed by atoms with Crippen molar-refractivity contribution in [1.29, 1.82) is 5.26 Å². The Morgan fingerprint density at radius 3 is 2.47 bits per heavy atom. The number of rotatable bonds is 1. The van der Waals surface area contributed by atoms with Crippen molar-refractivity contribution in [2.45, 2.75) is 0 Å². The normalized spacial score (nSPS) is 15.6. The molecular weight excluding hydrogens is 193 g/mol. The number of nitriles is 1. The van der Waals surface area contributed by atoms with Crippen molar-refractivity contribution >= 4 is 5.69 Å². The smallest absolute Gasteiger partial charge is 0.123 e. The number of nitrogens with two attached hydrogens (primary N) is 1. The van der Waals surface area contributed by atoms with E-state index in [2.05, 4.69) is 6.07 Å². The fraction of sp³-hybridized carbons (Fsp3) is 0.182. The van der Waals surface area contributed by atoms with Crippen LogP contribution in [0.4, 0.5) is 10.1 Å². The quantitative estimate of drug-likeness (QED) is 0.750. The Morgan fingerprint density at radius 1 is 1.27 bits per heavy atom. The molecule has 0 saturated carbocycles. The standard InChI is InChI=1S/C11H10FN3/c12-9-1-3-10(4-2-9)15-6-8(5-13)11(14)7-15/h1-4H,6-7,14H2. The fourth-order valence-corrected chi connectivity index (χ4v) is 1.59. The third-order valence-electron chi connectivity index (χ3n) is 2.42. The van der Waals surface area contributed by atoms with E-state index in [9.17, 15) is 4.39 Å². The molecule has 0 bridgehead atoms. The van der Waals surface area contributed by atoms with Crippen molar-refractivity contribution < 1.29 is 4.39 Å². The van der Waals surface area contributed by atoms with Gasteiger partial charge in [0.1, 0.15) is 5.82 Å². The zero-order valence-corrected chi connectivity index (χ0v) is 8.07. The van der Waals surface area contributed by atoms with E-state index in [1.807, 2.05) is 4.90 Å². The largest absolute Gasteiger partial charge is 0.400 e. The Hall–Kier alpha value is -2.02. The summed E-state index contributed by atoms with van der Waals surface area (Å²) in [7, 11) is 0. The van der Waals surface area contributed by atoms with Crippen LogP contribution in [0.15, 0.2) is 35.5 Å². The number of hydrogen-bond acceptors (Lipinski definition) is 3. The van der Waals surface area contributed by atoms with E-state index in [0.717, 1.165) is 5.69 Å². The average molecular weight is 203 g/mol. The third-order valence-corrected chi connectivity index (χ3v) is 2.42. The van der Waals surface area contributed by atoms with Crippen molar-refractivity contribution in [3.63, 3.8) is 0 Å². The number of anilines is 1. The fourth-order valence-electron chi connectivity index (χ4n) is 1.59. The molecule has 0 aromatic heterocycles. The summed E-state index contributed by atoms with van der Waals surface area (Å²) < 4.78 is 12.7. The van der Waals surface area contributed by atoms with Gasteiger partial charge in [0.2, 0.25) is 0 Å². The second-order valence-corrected chi connectivity index (χ2v) is 3.45. The van der Waals surface area contributed by atoms with Crippen LogP contribution in [-0.2, 0) is 0 Å². The predicted molar refractivity (Wildman–Crippen MR) is 55.4 cm³/mol. The number of halogens is 1. The Bertz CT molecular complexity index is 442. The molecular formula is C11H10FN3. The highest BCUT2D eigenvalue weighted by Gasteiger charge is 2.19. The van der Waals surface area contributed by atoms with Gasteiger partial charge in [0, 0.05) is 11.4 Å². The number of hydrogen-bond donors (Lipinski definition) is 1. The van der Waals surface area contributed by atoms with E-state index in [-0.39, 0.29) is 5.82 Å². The molecule has 1 aliphatic heterocycles. The first kappa shape index (κ1) is 9.53. The molecule has 0 unspecified atom stereocenters. The Morgan fingerprint density at radius 2 is 1.93 bits per heavy atom. The zero-order valence-electron chi connectivity index (χ0n) is 8.07. The molecule has 0 atom stereocenters. The maximum absolute atomic E-state index is 12.7. The third kappa shape index (κ3) is 1.77. The van der Waals surface area contributed by atoms with E-state index in [1.54, 1.807) is 12.1 Å². The first-order valence-electron chi connectivity index (χ1n) is 4.59. The lowest BCUT2D eigenvalue weighted by molar-refractivity contribution is 0.627. The molecule has 1 aliphatic rings. The van der Waals surface area contributed by atoms with E-state index >= 15 is 0 Å². The summed E-state index contributed by atoms with van der Waals surface area (Å²) >= 11 is 0. The van der Waals surface area contributed by atoms with Crippen LogP contribution in [0.25, 0.3) is 0 Å². The second kappa shape index (κ2) is 3.62. The first-order valence-corrected chi connectivity index (χ1v) is 4.59. The molecule has 0 saturated heterocycles. The molecule has 2 rings (SSSR count). The Balaban J connectivity index is 2.18. The van der Waals surface area contributed by atoms with Crippen molar-refractivity contribution in [3.05, 3.63) is 41.4 Å². The highest BCUT2D eigenvalue weighted by atomic mass is 19.1. The summed E-state index contributed by atoms with van der Waals surface area (Å²) in [6.07, 6.45) is 0. The van der Waals surface area contributed by atoms with E-state index in [1.165, 1.54) is 12.1 Å². The van der Waals surface area contributed by atoms with Gasteiger partial charge in [-0.2, -0.15) is 5.26 Å². The lowest BCUT2D eigenvalue weighted by Crippen LogP contribution is -2.21. The molecule has 4 heteroatoms. The van der Waals surface area contributed by atoms with Crippen LogP contribution in [0.3, 0.4) is 0 Å². The molecule has 3 nitrogen and oxygen atoms in total. The Labute approximate surface area is 87.2 Å². The number of nitrogens with zero attached hydrogens (tertiary/aromatic N) is 2. The zero-order chi connectivity index (χ0) is 10.8. The molecule has 1 heterocycles.